The van der Waals surface area contributed by atoms with Gasteiger partial charge in [-0.05, 0) is 97.4 Å². The lowest BCUT2D eigenvalue weighted by Crippen LogP contribution is -2.28. The van der Waals surface area contributed by atoms with Crippen LogP contribution in [0.5, 0.6) is 0 Å². The molecule has 8 nitrogen and oxygen atoms in total. The lowest BCUT2D eigenvalue weighted by atomic mass is 10.1. The molecule has 0 spiro atoms. The van der Waals surface area contributed by atoms with Gasteiger partial charge in [0.15, 0.2) is 5.17 Å². The van der Waals surface area contributed by atoms with E-state index in [1.54, 1.807) is 29.2 Å². The van der Waals surface area contributed by atoms with Crippen LogP contribution in [0.15, 0.2) is 94.8 Å². The number of aromatic carboxylic acids is 1. The average molecular weight is 566 g/mol. The third-order valence-electron chi connectivity index (χ3n) is 6.71. The zero-order valence-electron chi connectivity index (χ0n) is 22.7. The number of para-hydroxylation sites is 1. The Bertz CT molecular complexity index is 1690. The number of nitrogens with zero attached hydrogens (tertiary/aromatic N) is 3. The lowest BCUT2D eigenvalue weighted by molar-refractivity contribution is -0.122. The fourth-order valence-corrected chi connectivity index (χ4v) is 5.60. The van der Waals surface area contributed by atoms with E-state index in [4.69, 9.17) is 9.73 Å². The predicted octanol–water partition coefficient (Wildman–Crippen LogP) is 6.38. The quantitative estimate of drug-likeness (QED) is 0.206. The molecule has 0 unspecified atom stereocenters. The summed E-state index contributed by atoms with van der Waals surface area (Å²) in [6.45, 7) is 4.22. The van der Waals surface area contributed by atoms with E-state index in [1.807, 2.05) is 68.5 Å². The number of hydrogen-bond donors (Lipinski definition) is 1. The SMILES string of the molecule is COC(=O)c1ccc(-n2c(C)cc(/C=C3\SC(=Nc4ccccc4)N(Cc4ccc(C(=O)O)cc4)C3=O)c2C)cc1. The minimum absolute atomic E-state index is 0.181. The Morgan fingerprint density at radius 3 is 2.24 bits per heavy atom. The maximum atomic E-state index is 13.7. The number of methoxy groups -OCH3 is 1. The molecule has 0 saturated carbocycles. The van der Waals surface area contributed by atoms with Gasteiger partial charge >= 0.3 is 11.9 Å². The maximum absolute atomic E-state index is 13.7. The number of carbonyl (C=O) groups is 3. The van der Waals surface area contributed by atoms with Gasteiger partial charge in [-0.3, -0.25) is 9.69 Å². The van der Waals surface area contributed by atoms with E-state index in [9.17, 15) is 19.5 Å². The van der Waals surface area contributed by atoms with E-state index in [0.29, 0.717) is 15.6 Å². The van der Waals surface area contributed by atoms with E-state index in [-0.39, 0.29) is 18.0 Å². The lowest BCUT2D eigenvalue weighted by Gasteiger charge is -2.16. The van der Waals surface area contributed by atoms with Crippen molar-refractivity contribution in [2.75, 3.05) is 7.11 Å². The molecular formula is C32H27N3O5S. The second kappa shape index (κ2) is 11.7. The molecular weight excluding hydrogens is 538 g/mol. The average Bonchev–Trinajstić information content (AvgIpc) is 3.42. The summed E-state index contributed by atoms with van der Waals surface area (Å²) in [5.74, 6) is -1.58. The van der Waals surface area contributed by atoms with Gasteiger partial charge in [-0.2, -0.15) is 0 Å². The number of rotatable bonds is 7. The normalized spacial score (nSPS) is 15.1. The number of thioether (sulfide) groups is 1. The molecule has 1 aliphatic heterocycles. The fourth-order valence-electron chi connectivity index (χ4n) is 4.62. The number of carboxylic acids is 1. The molecule has 41 heavy (non-hydrogen) atoms. The van der Waals surface area contributed by atoms with Crippen molar-refractivity contribution in [1.82, 2.24) is 9.47 Å². The van der Waals surface area contributed by atoms with Gasteiger partial charge in [0.05, 0.1) is 35.4 Å². The topological polar surface area (TPSA) is 101 Å². The van der Waals surface area contributed by atoms with Crippen molar-refractivity contribution >= 4 is 46.5 Å². The summed E-state index contributed by atoms with van der Waals surface area (Å²) in [6.07, 6.45) is 1.88. The number of amidine groups is 1. The van der Waals surface area contributed by atoms with E-state index in [2.05, 4.69) is 4.57 Å². The fraction of sp³-hybridized carbons (Fsp3) is 0.125. The van der Waals surface area contributed by atoms with Crippen molar-refractivity contribution in [2.45, 2.75) is 20.4 Å². The summed E-state index contributed by atoms with van der Waals surface area (Å²) in [7, 11) is 1.35. The number of aliphatic imine (C=N–C) groups is 1. The molecule has 1 N–H and O–H groups in total. The van der Waals surface area contributed by atoms with Crippen LogP contribution in [0.1, 0.15) is 43.2 Å². The molecule has 1 saturated heterocycles. The van der Waals surface area contributed by atoms with Crippen LogP contribution in [0.25, 0.3) is 11.8 Å². The molecule has 0 atom stereocenters. The molecule has 1 aliphatic rings. The first-order chi connectivity index (χ1) is 19.7. The zero-order valence-corrected chi connectivity index (χ0v) is 23.5. The highest BCUT2D eigenvalue weighted by Gasteiger charge is 2.34. The van der Waals surface area contributed by atoms with Crippen LogP contribution in [0, 0.1) is 13.8 Å². The Morgan fingerprint density at radius 1 is 0.951 bits per heavy atom. The number of aryl methyl sites for hydroxylation is 1. The smallest absolute Gasteiger partial charge is 0.337 e. The second-order valence-electron chi connectivity index (χ2n) is 9.43. The molecule has 206 valence electrons. The molecule has 1 amide bonds. The van der Waals surface area contributed by atoms with Crippen molar-refractivity contribution in [3.05, 3.63) is 123 Å². The van der Waals surface area contributed by atoms with E-state index >= 15 is 0 Å². The van der Waals surface area contributed by atoms with E-state index in [1.165, 1.54) is 31.0 Å². The highest BCUT2D eigenvalue weighted by molar-refractivity contribution is 8.18. The summed E-state index contributed by atoms with van der Waals surface area (Å²) in [4.78, 5) is 43.7. The molecule has 0 bridgehead atoms. The number of esters is 1. The molecule has 3 aromatic carbocycles. The number of carboxylic acid groups (broad SMARTS) is 1. The van der Waals surface area contributed by atoms with Crippen LogP contribution < -0.4 is 0 Å². The monoisotopic (exact) mass is 565 g/mol. The third kappa shape index (κ3) is 5.85. The predicted molar refractivity (Wildman–Crippen MR) is 160 cm³/mol. The summed E-state index contributed by atoms with van der Waals surface area (Å²) >= 11 is 1.30. The first-order valence-electron chi connectivity index (χ1n) is 12.8. The summed E-state index contributed by atoms with van der Waals surface area (Å²) in [5.41, 5.74) is 5.87. The van der Waals surface area contributed by atoms with Gasteiger partial charge in [0.25, 0.3) is 5.91 Å². The highest BCUT2D eigenvalue weighted by Crippen LogP contribution is 2.36. The number of hydrogen-bond acceptors (Lipinski definition) is 6. The van der Waals surface area contributed by atoms with E-state index in [0.717, 1.165) is 33.9 Å². The van der Waals surface area contributed by atoms with Gasteiger partial charge in [-0.15, -0.1) is 0 Å². The number of benzene rings is 3. The minimum Gasteiger partial charge on any atom is -0.478 e. The van der Waals surface area contributed by atoms with Gasteiger partial charge in [-0.1, -0.05) is 30.3 Å². The van der Waals surface area contributed by atoms with Crippen LogP contribution >= 0.6 is 11.8 Å². The Morgan fingerprint density at radius 2 is 1.61 bits per heavy atom. The second-order valence-corrected chi connectivity index (χ2v) is 10.4. The van der Waals surface area contributed by atoms with Crippen molar-refractivity contribution in [3.8, 4) is 5.69 Å². The van der Waals surface area contributed by atoms with Crippen LogP contribution in [-0.4, -0.2) is 44.7 Å². The van der Waals surface area contributed by atoms with Crippen LogP contribution in [0.2, 0.25) is 0 Å². The summed E-state index contributed by atoms with van der Waals surface area (Å²) < 4.78 is 6.87. The van der Waals surface area contributed by atoms with Gasteiger partial charge < -0.3 is 14.4 Å². The molecule has 9 heteroatoms. The summed E-state index contributed by atoms with van der Waals surface area (Å²) in [5, 5.41) is 9.77. The largest absolute Gasteiger partial charge is 0.478 e. The number of aromatic nitrogens is 1. The Hall–Kier alpha value is -4.89. The molecule has 5 rings (SSSR count). The van der Waals surface area contributed by atoms with Crippen molar-refractivity contribution in [2.24, 2.45) is 4.99 Å². The molecule has 1 fully saturated rings. The van der Waals surface area contributed by atoms with Crippen LogP contribution in [0.3, 0.4) is 0 Å². The number of amides is 1. The van der Waals surface area contributed by atoms with Gasteiger partial charge in [0.1, 0.15) is 0 Å². The van der Waals surface area contributed by atoms with Crippen molar-refractivity contribution in [3.63, 3.8) is 0 Å². The van der Waals surface area contributed by atoms with Gasteiger partial charge in [0, 0.05) is 17.1 Å². The Kier molecular flexibility index (Phi) is 7.89. The molecule has 4 aromatic rings. The first kappa shape index (κ1) is 27.7. The minimum atomic E-state index is -1.00. The number of ether oxygens (including phenoxy) is 1. The van der Waals surface area contributed by atoms with Crippen molar-refractivity contribution in [1.29, 1.82) is 0 Å². The Labute approximate surface area is 241 Å². The first-order valence-corrected chi connectivity index (χ1v) is 13.6. The van der Waals surface area contributed by atoms with Gasteiger partial charge in [0.2, 0.25) is 0 Å². The summed E-state index contributed by atoms with van der Waals surface area (Å²) in [6, 6.07) is 25.1. The zero-order chi connectivity index (χ0) is 29.1. The van der Waals surface area contributed by atoms with Gasteiger partial charge in [-0.25, -0.2) is 14.6 Å². The Balaban J connectivity index is 1.48. The molecule has 0 aliphatic carbocycles. The standard InChI is InChI=1S/C32H27N3O5S/c1-20-17-25(21(2)35(20)27-15-13-24(14-16-27)31(39)40-3)18-28-29(36)34(19-22-9-11-23(12-10-22)30(37)38)32(41-28)33-26-7-5-4-6-8-26/h4-18H,19H2,1-3H3,(H,37,38)/b28-18-,33-32?. The molecule has 0 radical (unpaired) electrons. The van der Waals surface area contributed by atoms with Crippen LogP contribution in [-0.2, 0) is 16.1 Å². The van der Waals surface area contributed by atoms with E-state index < -0.39 is 11.9 Å². The van der Waals surface area contributed by atoms with Crippen molar-refractivity contribution < 1.29 is 24.2 Å². The third-order valence-corrected chi connectivity index (χ3v) is 7.72. The molecule has 2 heterocycles. The maximum Gasteiger partial charge on any atom is 0.337 e. The number of carbonyl (C=O) groups excluding carboxylic acids is 2. The molecule has 1 aromatic heterocycles. The highest BCUT2D eigenvalue weighted by atomic mass is 32.2. The van der Waals surface area contributed by atoms with Crippen LogP contribution in [0.4, 0.5) is 5.69 Å².